The van der Waals surface area contributed by atoms with Crippen molar-refractivity contribution in [2.45, 2.75) is 346 Å². The Morgan fingerprint density at radius 2 is 0.760 bits per heavy atom. The van der Waals surface area contributed by atoms with Crippen molar-refractivity contribution in [3.05, 3.63) is 32.2 Å². The first-order valence-electron chi connectivity index (χ1n) is 46.9. The average molecular weight is 2160 g/mol. The van der Waals surface area contributed by atoms with Crippen molar-refractivity contribution in [2.75, 3.05) is 11.5 Å². The zero-order valence-electron chi connectivity index (χ0n) is 84.4. The predicted molar refractivity (Wildman–Crippen MR) is 542 cm³/mol. The maximum absolute atomic E-state index is 12.9. The van der Waals surface area contributed by atoms with E-state index in [-0.39, 0.29) is 223 Å². The summed E-state index contributed by atoms with van der Waals surface area (Å²) in [7, 11) is 0. The summed E-state index contributed by atoms with van der Waals surface area (Å²) in [4.78, 5) is 333. The lowest BCUT2D eigenvalue weighted by molar-refractivity contribution is -0.139. The van der Waals surface area contributed by atoms with Crippen LogP contribution in [0.5, 0.6) is 0 Å². The Kier molecular flexibility index (Phi) is 56.9. The monoisotopic (exact) mass is 2160 g/mol. The Balaban J connectivity index is 0.000000664. The van der Waals surface area contributed by atoms with Crippen molar-refractivity contribution in [1.29, 1.82) is 0 Å². The van der Waals surface area contributed by atoms with Crippen molar-refractivity contribution in [3.63, 3.8) is 0 Å². The second-order valence-electron chi connectivity index (χ2n) is 38.2. The van der Waals surface area contributed by atoms with Crippen molar-refractivity contribution in [1.82, 2.24) is 41.9 Å². The van der Waals surface area contributed by atoms with E-state index in [0.29, 0.717) is 96.5 Å². The van der Waals surface area contributed by atoms with Crippen molar-refractivity contribution in [2.24, 2.45) is 56.6 Å². The van der Waals surface area contributed by atoms with Crippen molar-refractivity contribution >= 4 is 237 Å². The molecule has 2 saturated carbocycles. The Morgan fingerprint density at radius 1 is 0.411 bits per heavy atom. The van der Waals surface area contributed by atoms with Crippen LogP contribution >= 0.6 is 69.7 Å². The Hall–Kier alpha value is -11.7. The number of carbonyl (C=O) groups is 27. The fourth-order valence-corrected chi connectivity index (χ4v) is 19.6. The van der Waals surface area contributed by atoms with Gasteiger partial charge in [-0.2, -0.15) is 0 Å². The van der Waals surface area contributed by atoms with Crippen LogP contribution in [-0.2, 0) is 131 Å². The molecule has 10 amide bonds. The summed E-state index contributed by atoms with van der Waals surface area (Å²) in [6.07, 6.45) is 1.06. The summed E-state index contributed by atoms with van der Waals surface area (Å²) in [5, 5.41) is 55.1. The number of ketones is 11. The molecule has 146 heavy (non-hydrogen) atoms. The number of hydrogen-bond acceptors (Lipinski definition) is 37. The molecule has 45 nitrogen and oxygen atoms in total. The molecular weight excluding hydrogens is 2030 g/mol. The molecular formula is C95H136N14O31S6. The number of hydrogen-bond donors (Lipinski definition) is 14. The van der Waals surface area contributed by atoms with E-state index in [2.05, 4.69) is 51.9 Å². The van der Waals surface area contributed by atoms with Crippen molar-refractivity contribution < 1.29 is 150 Å². The number of nitrogens with two attached hydrogens (primary N) is 4. The number of aliphatic imine (C=N–C) groups is 2. The highest BCUT2D eigenvalue weighted by Gasteiger charge is 2.52. The quantitative estimate of drug-likeness (QED) is 0.0352. The second-order valence-corrected chi connectivity index (χ2v) is 45.9. The number of rotatable bonds is 62. The number of thiazole rings is 2. The minimum absolute atomic E-state index is 0.00856. The number of aliphatic carboxylic acids is 3. The summed E-state index contributed by atoms with van der Waals surface area (Å²) in [6.45, 7) is 23.3. The number of primary amides is 4. The second kappa shape index (κ2) is 63.7. The van der Waals surface area contributed by atoms with E-state index >= 15 is 0 Å². The number of nitrogens with zero attached hydrogens (tertiary/aromatic N) is 4. The number of aromatic carboxylic acids is 1. The summed E-state index contributed by atoms with van der Waals surface area (Å²) in [6, 6.07) is -5.00. The normalized spacial score (nSPS) is 16.0. The molecule has 6 rings (SSSR count). The van der Waals surface area contributed by atoms with Gasteiger partial charge in [0.25, 0.3) is 0 Å². The maximum Gasteiger partial charge on any atom is 0.355 e. The molecule has 2 fully saturated rings. The highest BCUT2D eigenvalue weighted by molar-refractivity contribution is 8.15. The number of nitrogens with one attached hydrogen (secondary N) is 6. The Bertz CT molecular complexity index is 5140. The van der Waals surface area contributed by atoms with Gasteiger partial charge in [-0.25, -0.2) is 19.6 Å². The summed E-state index contributed by atoms with van der Waals surface area (Å²) in [5.74, 6) is -13.3. The van der Waals surface area contributed by atoms with Crippen LogP contribution in [-0.4, -0.2) is 260 Å². The molecule has 2 aromatic heterocycles. The van der Waals surface area contributed by atoms with Crippen LogP contribution in [0.15, 0.2) is 20.7 Å². The van der Waals surface area contributed by atoms with Crippen molar-refractivity contribution in [3.8, 4) is 0 Å². The van der Waals surface area contributed by atoms with Gasteiger partial charge in [0.15, 0.2) is 51.6 Å². The molecule has 10 atom stereocenters. The summed E-state index contributed by atoms with van der Waals surface area (Å²) >= 11 is 7.54. The first-order chi connectivity index (χ1) is 67.7. The molecule has 0 bridgehead atoms. The number of carbonyl (C=O) groups excluding carboxylic acids is 23. The number of thioether (sulfide) groups is 4. The van der Waals surface area contributed by atoms with Gasteiger partial charge in [-0.3, -0.25) is 130 Å². The molecule has 0 spiro atoms. The van der Waals surface area contributed by atoms with Gasteiger partial charge in [0.2, 0.25) is 64.2 Å². The number of Topliss-reactive ketones (excluding diaryl/α,β-unsaturated/α-hetero) is 11. The summed E-state index contributed by atoms with van der Waals surface area (Å²) in [5.41, 5.74) is 18.7. The van der Waals surface area contributed by atoms with Gasteiger partial charge in [0.1, 0.15) is 57.1 Å². The van der Waals surface area contributed by atoms with Gasteiger partial charge in [0.05, 0.1) is 103 Å². The first-order valence-corrected chi connectivity index (χ1v) is 52.3. The molecule has 808 valence electrons. The lowest BCUT2D eigenvalue weighted by Crippen LogP contribution is -2.44. The van der Waals surface area contributed by atoms with Gasteiger partial charge >= 0.3 is 23.9 Å². The van der Waals surface area contributed by atoms with Gasteiger partial charge in [-0.05, 0) is 75.0 Å². The summed E-state index contributed by atoms with van der Waals surface area (Å²) < 4.78 is -0.414. The van der Waals surface area contributed by atoms with Gasteiger partial charge in [-0.1, -0.05) is 92.8 Å². The third kappa shape index (κ3) is 56.8. The highest BCUT2D eigenvalue weighted by atomic mass is 32.2. The average Bonchev–Trinajstić information content (AvgIpc) is 1.63. The third-order valence-electron chi connectivity index (χ3n) is 21.4. The smallest absolute Gasteiger partial charge is 0.355 e. The topological polar surface area (TPSA) is 769 Å². The van der Waals surface area contributed by atoms with Crippen LogP contribution < -0.4 is 54.8 Å². The highest BCUT2D eigenvalue weighted by Crippen LogP contribution is 2.40. The van der Waals surface area contributed by atoms with E-state index in [1.165, 1.54) is 79.3 Å². The molecule has 4 heterocycles. The Labute approximate surface area is 869 Å². The van der Waals surface area contributed by atoms with Gasteiger partial charge in [-0.15, -0.1) is 46.2 Å². The van der Waals surface area contributed by atoms with E-state index in [9.17, 15) is 129 Å². The SMILES string of the molecule is CC(=O)N[C@H](CC(N)=O)C(=O)CC(C)CCC(=O)CC(=O)NC1(C(=O)CC(=O)CCC2=N[C@H](c3nc(C(=O)O)cs3)CS2)CC1.CC(=O)N[C@H](CC(N)=O)C(=O)CC(C)CCC(=O)CC(=O)NC1(C(=O)CC(=O)CCc2nc(C3=N[C@H](C(=O)O)CS3)cs2)CC1.CC(=O)N[C@H](CC(N)=O)C(=O)CC(C)CCC(=O)CC(=O)SC(C)(C)C.CC(=O)N[C@H](CC(N)=O)C(=O)CC(C)CCC(=O)O.CC(C)(C)SC(=O)CC(=O)O. The minimum Gasteiger partial charge on any atom is -0.481 e. The standard InChI is InChI=1S/2C29H37N5O9S2.C18H30N2O5S.C12H20N2O5.C7H12O3S/c2*1-15(9-22(38)19(12-24(30)40)31-16(2)35)3-4-18(37)11-25(41)34-29(7-8-29)23(39)10-17(36)5-6-26-32-20(13-44-26)27-33-21(14-45-27)28(42)43;1-11(6-7-13(22)9-17(25)26-18(3,4)5)8-15(23)14(10-16(19)24)20-12(2)21;1-7(3-4-12(18)19)5-10(16)9(6-11(13)17)14-8(2)15;1-7(2,3)11-6(10)4-5(8)9/h14-15,19-20H,3-13H2,1-2H3,(H2,30,40)(H,31,35)(H,34,41)(H,42,43);13,15,19,21H,3-12,14H2,1-2H3,(H2,30,40)(H,31,35)(H,34,41)(H,42,43);11,14H,6-10H2,1-5H3,(H2,19,24)(H,20,21);7,9H,3-6H2,1-2H3,(H2,13,17)(H,14,15)(H,18,19);4H2,1-3H3,(H,8,9)/t15?,19-,20+;15?,19-,21+;11?,14-;7?,9-;/m1111./s1. The lowest BCUT2D eigenvalue weighted by Gasteiger charge is -2.18. The van der Waals surface area contributed by atoms with Crippen LogP contribution in [0.3, 0.4) is 0 Å². The molecule has 0 aromatic carbocycles. The predicted octanol–water partition coefficient (Wildman–Crippen LogP) is 5.72. The van der Waals surface area contributed by atoms with Crippen LogP contribution in [0.4, 0.5) is 0 Å². The third-order valence-corrected chi connectivity index (χ3v) is 27.4. The molecule has 2 aliphatic heterocycles. The van der Waals surface area contributed by atoms with Crippen LogP contribution in [0.25, 0.3) is 0 Å². The van der Waals surface area contributed by atoms with E-state index in [1.807, 2.05) is 48.5 Å². The minimum atomic E-state index is -1.14. The molecule has 4 aliphatic rings. The first kappa shape index (κ1) is 130. The van der Waals surface area contributed by atoms with Crippen LogP contribution in [0, 0.1) is 23.7 Å². The number of aryl methyl sites for hydroxylation is 1. The molecule has 0 saturated heterocycles. The Morgan fingerprint density at radius 3 is 1.08 bits per heavy atom. The molecule has 51 heteroatoms. The largest absolute Gasteiger partial charge is 0.481 e. The van der Waals surface area contributed by atoms with Crippen LogP contribution in [0.2, 0.25) is 0 Å². The van der Waals surface area contributed by atoms with E-state index in [4.69, 9.17) is 43.4 Å². The molecule has 2 aromatic rings. The molecule has 18 N–H and O–H groups in total. The molecule has 4 unspecified atom stereocenters. The molecule has 0 radical (unpaired) electrons. The van der Waals surface area contributed by atoms with E-state index in [1.54, 1.807) is 26.2 Å². The van der Waals surface area contributed by atoms with Crippen LogP contribution in [0.1, 0.15) is 315 Å². The van der Waals surface area contributed by atoms with E-state index in [0.717, 1.165) is 28.6 Å². The number of amides is 10. The lowest BCUT2D eigenvalue weighted by atomic mass is 9.93. The fourth-order valence-electron chi connectivity index (χ4n) is 13.9. The van der Waals surface area contributed by atoms with Gasteiger partial charge in [0, 0.05) is 137 Å². The number of aromatic nitrogens is 2. The number of carboxylic acid groups (broad SMARTS) is 4. The van der Waals surface area contributed by atoms with Gasteiger partial charge < -0.3 is 75.3 Å². The maximum atomic E-state index is 12.9. The molecule has 2 aliphatic carbocycles. The van der Waals surface area contributed by atoms with E-state index < -0.39 is 149 Å². The zero-order chi connectivity index (χ0) is 111. The zero-order valence-corrected chi connectivity index (χ0v) is 89.3. The number of carboxylic acids is 4. The fraction of sp³-hybridized carbons (Fsp3) is 0.632.